The number of non-ortho nitro benzene ring substituents is 1. The first kappa shape index (κ1) is 19.2. The Labute approximate surface area is 154 Å². The van der Waals surface area contributed by atoms with Gasteiger partial charge in [0.15, 0.2) is 0 Å². The minimum atomic E-state index is -4.44. The summed E-state index contributed by atoms with van der Waals surface area (Å²) in [5.41, 5.74) is 0.666. The molecule has 1 fully saturated rings. The predicted molar refractivity (Wildman–Crippen MR) is 92.9 cm³/mol. The van der Waals surface area contributed by atoms with Crippen LogP contribution in [-0.2, 0) is 19.3 Å². The summed E-state index contributed by atoms with van der Waals surface area (Å²) in [4.78, 5) is 18.1. The molecule has 2 aromatic rings. The average Bonchev–Trinajstić information content (AvgIpc) is 2.63. The molecule has 1 aliphatic rings. The van der Waals surface area contributed by atoms with Crippen molar-refractivity contribution in [2.24, 2.45) is 0 Å². The molecule has 0 bridgehead atoms. The van der Waals surface area contributed by atoms with Crippen molar-refractivity contribution < 1.29 is 18.1 Å². The second-order valence-corrected chi connectivity index (χ2v) is 6.53. The number of pyridine rings is 1. The highest BCUT2D eigenvalue weighted by Crippen LogP contribution is 2.28. The van der Waals surface area contributed by atoms with Gasteiger partial charge in [-0.1, -0.05) is 12.1 Å². The summed E-state index contributed by atoms with van der Waals surface area (Å²) >= 11 is 0. The van der Waals surface area contributed by atoms with E-state index in [-0.39, 0.29) is 5.69 Å². The van der Waals surface area contributed by atoms with Crippen LogP contribution in [0.4, 0.5) is 18.9 Å². The largest absolute Gasteiger partial charge is 0.433 e. The Kier molecular flexibility index (Phi) is 5.71. The van der Waals surface area contributed by atoms with Crippen LogP contribution in [0.15, 0.2) is 42.6 Å². The highest BCUT2D eigenvalue weighted by molar-refractivity contribution is 5.34. The average molecular weight is 380 g/mol. The second kappa shape index (κ2) is 8.01. The fourth-order valence-corrected chi connectivity index (χ4v) is 3.12. The first-order chi connectivity index (χ1) is 12.8. The van der Waals surface area contributed by atoms with Crippen molar-refractivity contribution >= 4 is 5.69 Å². The Morgan fingerprint density at radius 3 is 2.15 bits per heavy atom. The standard InChI is InChI=1S/C18H19F3N4O2/c19-18(20,21)17-11-15(4-5-22-17)13-24-8-6-23(7-9-24)12-14-2-1-3-16(10-14)25(26)27/h1-5,10-11H,6-9,12-13H2. The number of nitro benzene ring substituents is 1. The zero-order valence-corrected chi connectivity index (χ0v) is 14.5. The van der Waals surface area contributed by atoms with Gasteiger partial charge in [-0.3, -0.25) is 24.9 Å². The fraction of sp³-hybridized carbons (Fsp3) is 0.389. The van der Waals surface area contributed by atoms with Gasteiger partial charge in [0.05, 0.1) is 4.92 Å². The SMILES string of the molecule is O=[N+]([O-])c1cccc(CN2CCN(Cc3ccnc(C(F)(F)F)c3)CC2)c1. The molecule has 2 heterocycles. The molecule has 1 saturated heterocycles. The molecule has 1 aliphatic heterocycles. The van der Waals surface area contributed by atoms with E-state index in [0.29, 0.717) is 18.7 Å². The maximum Gasteiger partial charge on any atom is 0.433 e. The van der Waals surface area contributed by atoms with E-state index < -0.39 is 16.8 Å². The van der Waals surface area contributed by atoms with Crippen LogP contribution in [0.2, 0.25) is 0 Å². The van der Waals surface area contributed by atoms with Gasteiger partial charge in [-0.2, -0.15) is 13.2 Å². The molecule has 0 unspecified atom stereocenters. The third-order valence-electron chi connectivity index (χ3n) is 4.51. The normalized spacial score (nSPS) is 16.4. The summed E-state index contributed by atoms with van der Waals surface area (Å²) in [5.74, 6) is 0. The lowest BCUT2D eigenvalue weighted by Crippen LogP contribution is -2.45. The van der Waals surface area contributed by atoms with Crippen molar-refractivity contribution in [3.05, 3.63) is 69.5 Å². The van der Waals surface area contributed by atoms with Gasteiger partial charge in [-0.25, -0.2) is 0 Å². The van der Waals surface area contributed by atoms with Gasteiger partial charge < -0.3 is 0 Å². The number of rotatable bonds is 5. The van der Waals surface area contributed by atoms with E-state index in [1.54, 1.807) is 18.2 Å². The van der Waals surface area contributed by atoms with Crippen LogP contribution in [-0.4, -0.2) is 45.9 Å². The van der Waals surface area contributed by atoms with Crippen LogP contribution < -0.4 is 0 Å². The summed E-state index contributed by atoms with van der Waals surface area (Å²) in [7, 11) is 0. The Bertz CT molecular complexity index is 805. The second-order valence-electron chi connectivity index (χ2n) is 6.53. The zero-order chi connectivity index (χ0) is 19.4. The Balaban J connectivity index is 1.53. The van der Waals surface area contributed by atoms with Crippen LogP contribution >= 0.6 is 0 Å². The third-order valence-corrected chi connectivity index (χ3v) is 4.51. The van der Waals surface area contributed by atoms with Crippen LogP contribution in [0.3, 0.4) is 0 Å². The highest BCUT2D eigenvalue weighted by atomic mass is 19.4. The van der Waals surface area contributed by atoms with Crippen molar-refractivity contribution in [2.45, 2.75) is 19.3 Å². The maximum atomic E-state index is 12.8. The molecule has 0 spiro atoms. The summed E-state index contributed by atoms with van der Waals surface area (Å²) in [6.07, 6.45) is -3.25. The van der Waals surface area contributed by atoms with Gasteiger partial charge in [0.2, 0.25) is 0 Å². The lowest BCUT2D eigenvalue weighted by molar-refractivity contribution is -0.384. The number of hydrogen-bond donors (Lipinski definition) is 0. The van der Waals surface area contributed by atoms with Crippen molar-refractivity contribution in [3.8, 4) is 0 Å². The number of alkyl halides is 3. The van der Waals surface area contributed by atoms with Crippen molar-refractivity contribution in [1.29, 1.82) is 0 Å². The molecule has 6 nitrogen and oxygen atoms in total. The Morgan fingerprint density at radius 1 is 1.00 bits per heavy atom. The van der Waals surface area contributed by atoms with Crippen LogP contribution in [0.1, 0.15) is 16.8 Å². The van der Waals surface area contributed by atoms with E-state index in [4.69, 9.17) is 0 Å². The highest BCUT2D eigenvalue weighted by Gasteiger charge is 2.32. The van der Waals surface area contributed by atoms with E-state index in [0.717, 1.165) is 37.8 Å². The molecular formula is C18H19F3N4O2. The lowest BCUT2D eigenvalue weighted by Gasteiger charge is -2.34. The molecule has 1 aromatic carbocycles. The molecule has 3 rings (SSSR count). The number of aromatic nitrogens is 1. The Hall–Kier alpha value is -2.52. The maximum absolute atomic E-state index is 12.8. The molecule has 144 valence electrons. The summed E-state index contributed by atoms with van der Waals surface area (Å²) in [6, 6.07) is 9.26. The van der Waals surface area contributed by atoms with E-state index in [1.165, 1.54) is 12.3 Å². The molecule has 0 amide bonds. The molecule has 9 heteroatoms. The predicted octanol–water partition coefficient (Wildman–Crippen LogP) is 3.33. The van der Waals surface area contributed by atoms with Gasteiger partial charge >= 0.3 is 6.18 Å². The number of halogens is 3. The quantitative estimate of drug-likeness (QED) is 0.588. The van der Waals surface area contributed by atoms with Crippen molar-refractivity contribution in [3.63, 3.8) is 0 Å². The molecule has 0 radical (unpaired) electrons. The van der Waals surface area contributed by atoms with Gasteiger partial charge in [0.25, 0.3) is 5.69 Å². The van der Waals surface area contributed by atoms with Crippen LogP contribution in [0, 0.1) is 10.1 Å². The minimum Gasteiger partial charge on any atom is -0.297 e. The molecule has 0 aliphatic carbocycles. The topological polar surface area (TPSA) is 62.5 Å². The van der Waals surface area contributed by atoms with Crippen molar-refractivity contribution in [2.75, 3.05) is 26.2 Å². The first-order valence-electron chi connectivity index (χ1n) is 8.51. The molecule has 0 N–H and O–H groups in total. The third kappa shape index (κ3) is 5.24. The number of benzene rings is 1. The van der Waals surface area contributed by atoms with Crippen LogP contribution in [0.25, 0.3) is 0 Å². The number of nitrogens with zero attached hydrogens (tertiary/aromatic N) is 4. The van der Waals surface area contributed by atoms with Crippen LogP contribution in [0.5, 0.6) is 0 Å². The number of nitro groups is 1. The number of piperazine rings is 1. The zero-order valence-electron chi connectivity index (χ0n) is 14.5. The summed E-state index contributed by atoms with van der Waals surface area (Å²) in [5, 5.41) is 10.9. The van der Waals surface area contributed by atoms with Crippen molar-refractivity contribution in [1.82, 2.24) is 14.8 Å². The molecule has 27 heavy (non-hydrogen) atoms. The number of hydrogen-bond acceptors (Lipinski definition) is 5. The smallest absolute Gasteiger partial charge is 0.297 e. The molecule has 0 atom stereocenters. The monoisotopic (exact) mass is 380 g/mol. The molecular weight excluding hydrogens is 361 g/mol. The van der Waals surface area contributed by atoms with E-state index in [1.807, 2.05) is 6.07 Å². The molecule has 0 saturated carbocycles. The van der Waals surface area contributed by atoms with Gasteiger partial charge in [-0.15, -0.1) is 0 Å². The van der Waals surface area contributed by atoms with E-state index in [2.05, 4.69) is 14.8 Å². The van der Waals surface area contributed by atoms with Gasteiger partial charge in [0, 0.05) is 57.6 Å². The molecule has 1 aromatic heterocycles. The van der Waals surface area contributed by atoms with Gasteiger partial charge in [-0.05, 0) is 23.3 Å². The van der Waals surface area contributed by atoms with E-state index in [9.17, 15) is 23.3 Å². The Morgan fingerprint density at radius 2 is 1.59 bits per heavy atom. The van der Waals surface area contributed by atoms with E-state index >= 15 is 0 Å². The summed E-state index contributed by atoms with van der Waals surface area (Å²) in [6.45, 7) is 4.00. The van der Waals surface area contributed by atoms with Gasteiger partial charge in [0.1, 0.15) is 5.69 Å². The minimum absolute atomic E-state index is 0.0734. The fourth-order valence-electron chi connectivity index (χ4n) is 3.12. The lowest BCUT2D eigenvalue weighted by atomic mass is 10.1. The summed E-state index contributed by atoms with van der Waals surface area (Å²) < 4.78 is 38.3. The first-order valence-corrected chi connectivity index (χ1v) is 8.51.